The number of carbonyl (C=O) groups excluding carboxylic acids is 3. The second kappa shape index (κ2) is 11.2. The molecule has 3 aliphatic rings. The summed E-state index contributed by atoms with van der Waals surface area (Å²) in [5, 5.41) is 3.55. The number of Topliss-reactive ketones (excluding diaryl/α,β-unsaturated/α-hetero) is 1. The van der Waals surface area contributed by atoms with Gasteiger partial charge in [0.05, 0.1) is 6.54 Å². The quantitative estimate of drug-likeness (QED) is 0.583. The van der Waals surface area contributed by atoms with Gasteiger partial charge in [0.2, 0.25) is 0 Å². The number of rotatable bonds is 6. The molecule has 0 radical (unpaired) electrons. The number of nitrogens with zero attached hydrogens (tertiary/aromatic N) is 2. The maximum absolute atomic E-state index is 13.4. The first-order chi connectivity index (χ1) is 16.8. The van der Waals surface area contributed by atoms with Crippen LogP contribution in [0.4, 0.5) is 4.79 Å². The van der Waals surface area contributed by atoms with E-state index in [1.165, 1.54) is 67.6 Å². The molecule has 6 nitrogen and oxygen atoms in total. The average Bonchev–Trinajstić information content (AvgIpc) is 3.03. The molecule has 2 atom stereocenters. The molecule has 0 bridgehead atoms. The van der Waals surface area contributed by atoms with Crippen molar-refractivity contribution in [2.24, 2.45) is 11.3 Å². The fourth-order valence-electron chi connectivity index (χ4n) is 6.44. The second-order valence-corrected chi connectivity index (χ2v) is 11.5. The Kier molecular flexibility index (Phi) is 8.31. The molecular formula is C29H43N3O3. The number of carbonyl (C=O) groups is 3. The number of hydrogen-bond acceptors (Lipinski definition) is 4. The molecule has 1 aromatic carbocycles. The van der Waals surface area contributed by atoms with Gasteiger partial charge in [0.25, 0.3) is 5.91 Å². The number of ketones is 1. The molecule has 4 rings (SSSR count). The minimum atomic E-state index is -0.921. The van der Waals surface area contributed by atoms with E-state index in [9.17, 15) is 14.4 Å². The number of likely N-dealkylation sites (N-methyl/N-ethyl adjacent to an activating group) is 1. The monoisotopic (exact) mass is 481 g/mol. The lowest BCUT2D eigenvalue weighted by Gasteiger charge is -2.42. The normalized spacial score (nSPS) is 27.9. The number of benzene rings is 1. The summed E-state index contributed by atoms with van der Waals surface area (Å²) in [4.78, 5) is 42.7. The first-order valence-corrected chi connectivity index (χ1v) is 13.7. The maximum atomic E-state index is 13.4. The summed E-state index contributed by atoms with van der Waals surface area (Å²) in [5.74, 6) is -0.351. The van der Waals surface area contributed by atoms with Crippen molar-refractivity contribution in [3.63, 3.8) is 0 Å². The van der Waals surface area contributed by atoms with E-state index in [1.807, 2.05) is 37.3 Å². The summed E-state index contributed by atoms with van der Waals surface area (Å²) in [6, 6.07) is 9.67. The minimum absolute atomic E-state index is 0.0241. The van der Waals surface area contributed by atoms with Crippen LogP contribution in [0.5, 0.6) is 0 Å². The van der Waals surface area contributed by atoms with E-state index < -0.39 is 5.54 Å². The van der Waals surface area contributed by atoms with Crippen LogP contribution in [0, 0.1) is 11.3 Å². The Hall–Kier alpha value is -2.21. The summed E-state index contributed by atoms with van der Waals surface area (Å²) >= 11 is 0. The van der Waals surface area contributed by atoms with Crippen molar-refractivity contribution in [2.75, 3.05) is 26.7 Å². The van der Waals surface area contributed by atoms with Crippen LogP contribution in [-0.4, -0.2) is 59.7 Å². The van der Waals surface area contributed by atoms with Gasteiger partial charge in [0.1, 0.15) is 5.54 Å². The molecule has 2 unspecified atom stereocenters. The molecule has 1 N–H and O–H groups in total. The summed E-state index contributed by atoms with van der Waals surface area (Å²) in [6.45, 7) is 3.36. The van der Waals surface area contributed by atoms with Gasteiger partial charge in [0, 0.05) is 26.1 Å². The van der Waals surface area contributed by atoms with Crippen molar-refractivity contribution in [1.29, 1.82) is 0 Å². The molecule has 1 spiro atoms. The van der Waals surface area contributed by atoms with Gasteiger partial charge in [-0.2, -0.15) is 0 Å². The first-order valence-electron chi connectivity index (χ1n) is 13.7. The highest BCUT2D eigenvalue weighted by Gasteiger charge is 2.53. The summed E-state index contributed by atoms with van der Waals surface area (Å²) in [5.41, 5.74) is 0.395. The van der Waals surface area contributed by atoms with Crippen LogP contribution >= 0.6 is 0 Å². The molecule has 2 heterocycles. The number of amides is 3. The maximum Gasteiger partial charge on any atom is 0.327 e. The smallest absolute Gasteiger partial charge is 0.315 e. The molecule has 2 aliphatic heterocycles. The Morgan fingerprint density at radius 2 is 1.63 bits per heavy atom. The molecule has 192 valence electrons. The highest BCUT2D eigenvalue weighted by atomic mass is 16.2. The van der Waals surface area contributed by atoms with Crippen molar-refractivity contribution >= 4 is 17.7 Å². The standard InChI is InChI=1S/C29H43N3O3/c1-28(18-15-23-13-9-8-10-14-23)26(34)32(27(35)31(28)2)21-25(33)24-19-29(22-30-20-24)16-11-6-4-3-5-7-12-17-29/h8-10,13-14,24,30H,3-7,11-12,15-22H2,1-2H3. The van der Waals surface area contributed by atoms with Crippen molar-refractivity contribution in [1.82, 2.24) is 15.1 Å². The third-order valence-corrected chi connectivity index (χ3v) is 8.96. The van der Waals surface area contributed by atoms with Crippen molar-refractivity contribution in [3.8, 4) is 0 Å². The first kappa shape index (κ1) is 25.9. The van der Waals surface area contributed by atoms with Crippen LogP contribution in [0.15, 0.2) is 30.3 Å². The topological polar surface area (TPSA) is 69.7 Å². The molecule has 1 aliphatic carbocycles. The summed E-state index contributed by atoms with van der Waals surface area (Å²) < 4.78 is 0. The third kappa shape index (κ3) is 5.79. The molecule has 2 saturated heterocycles. The Morgan fingerprint density at radius 1 is 1.00 bits per heavy atom. The van der Waals surface area contributed by atoms with E-state index in [4.69, 9.17) is 0 Å². The van der Waals surface area contributed by atoms with Crippen LogP contribution < -0.4 is 5.32 Å². The zero-order valence-corrected chi connectivity index (χ0v) is 21.7. The lowest BCUT2D eigenvalue weighted by atomic mass is 9.68. The second-order valence-electron chi connectivity index (χ2n) is 11.5. The third-order valence-electron chi connectivity index (χ3n) is 8.96. The average molecular weight is 482 g/mol. The fourth-order valence-corrected chi connectivity index (χ4v) is 6.44. The summed E-state index contributed by atoms with van der Waals surface area (Å²) in [7, 11) is 1.69. The molecule has 3 amide bonds. The number of nitrogens with one attached hydrogen (secondary N) is 1. The van der Waals surface area contributed by atoms with Crippen LogP contribution in [0.3, 0.4) is 0 Å². The Labute approximate surface area is 210 Å². The molecule has 6 heteroatoms. The van der Waals surface area contributed by atoms with Crippen LogP contribution in [0.25, 0.3) is 0 Å². The van der Waals surface area contributed by atoms with Gasteiger partial charge in [-0.05, 0) is 50.0 Å². The molecular weight excluding hydrogens is 438 g/mol. The Bertz CT molecular complexity index is 892. The molecule has 1 aromatic rings. The van der Waals surface area contributed by atoms with Crippen LogP contribution in [0.2, 0.25) is 0 Å². The van der Waals surface area contributed by atoms with Gasteiger partial charge in [-0.1, -0.05) is 75.3 Å². The molecule has 3 fully saturated rings. The Morgan fingerprint density at radius 3 is 2.29 bits per heavy atom. The van der Waals surface area contributed by atoms with E-state index in [1.54, 1.807) is 7.05 Å². The minimum Gasteiger partial charge on any atom is -0.315 e. The highest BCUT2D eigenvalue weighted by molar-refractivity contribution is 6.09. The zero-order chi connectivity index (χ0) is 24.9. The molecule has 35 heavy (non-hydrogen) atoms. The Balaban J connectivity index is 1.40. The number of aryl methyl sites for hydroxylation is 1. The van der Waals surface area contributed by atoms with E-state index >= 15 is 0 Å². The van der Waals surface area contributed by atoms with Crippen molar-refractivity contribution < 1.29 is 14.4 Å². The zero-order valence-electron chi connectivity index (χ0n) is 21.7. The lowest BCUT2D eigenvalue weighted by Crippen LogP contribution is -2.49. The van der Waals surface area contributed by atoms with Gasteiger partial charge >= 0.3 is 6.03 Å². The SMILES string of the molecule is CN1C(=O)N(CC(=O)C2CNCC3(CCCCCCCCC3)C2)C(=O)C1(C)CCc1ccccc1. The lowest BCUT2D eigenvalue weighted by molar-refractivity contribution is -0.136. The largest absolute Gasteiger partial charge is 0.327 e. The number of imide groups is 1. The predicted octanol–water partition coefficient (Wildman–Crippen LogP) is 4.96. The van der Waals surface area contributed by atoms with Gasteiger partial charge in [0.15, 0.2) is 5.78 Å². The fraction of sp³-hybridized carbons (Fsp3) is 0.690. The van der Waals surface area contributed by atoms with E-state index in [0.29, 0.717) is 19.4 Å². The number of piperidine rings is 1. The van der Waals surface area contributed by atoms with E-state index in [-0.39, 0.29) is 35.6 Å². The molecule has 0 aromatic heterocycles. The van der Waals surface area contributed by atoms with Gasteiger partial charge in [-0.15, -0.1) is 0 Å². The van der Waals surface area contributed by atoms with Crippen molar-refractivity contribution in [3.05, 3.63) is 35.9 Å². The number of hydrogen-bond donors (Lipinski definition) is 1. The summed E-state index contributed by atoms with van der Waals surface area (Å²) in [6.07, 6.45) is 13.5. The van der Waals surface area contributed by atoms with E-state index in [2.05, 4.69) is 5.32 Å². The van der Waals surface area contributed by atoms with Crippen LogP contribution in [0.1, 0.15) is 83.1 Å². The highest BCUT2D eigenvalue weighted by Crippen LogP contribution is 2.41. The molecule has 1 saturated carbocycles. The van der Waals surface area contributed by atoms with E-state index in [0.717, 1.165) is 18.5 Å². The van der Waals surface area contributed by atoms with Gasteiger partial charge in [-0.3, -0.25) is 14.5 Å². The number of urea groups is 1. The predicted molar refractivity (Wildman–Crippen MR) is 138 cm³/mol. The van der Waals surface area contributed by atoms with Gasteiger partial charge in [-0.25, -0.2) is 4.79 Å². The van der Waals surface area contributed by atoms with Crippen LogP contribution in [-0.2, 0) is 16.0 Å². The van der Waals surface area contributed by atoms with Crippen molar-refractivity contribution in [2.45, 2.75) is 89.5 Å². The van der Waals surface area contributed by atoms with Gasteiger partial charge < -0.3 is 10.2 Å².